The first-order valence-corrected chi connectivity index (χ1v) is 10.1. The van der Waals surface area contributed by atoms with Crippen molar-refractivity contribution in [2.45, 2.75) is 6.54 Å². The van der Waals surface area contributed by atoms with Crippen LogP contribution in [0.3, 0.4) is 0 Å². The second-order valence-corrected chi connectivity index (χ2v) is 7.38. The number of benzene rings is 1. The molecule has 0 aliphatic carbocycles. The average molecular weight is 421 g/mol. The van der Waals surface area contributed by atoms with Crippen molar-refractivity contribution in [3.05, 3.63) is 76.3 Å². The van der Waals surface area contributed by atoms with Gasteiger partial charge in [0.25, 0.3) is 11.5 Å². The Balaban J connectivity index is 1.35. The van der Waals surface area contributed by atoms with Gasteiger partial charge in [-0.15, -0.1) is 11.3 Å². The number of nitrogens with one attached hydrogen (secondary N) is 2. The number of hydrogen-bond donors (Lipinski definition) is 2. The van der Waals surface area contributed by atoms with Gasteiger partial charge in [-0.25, -0.2) is 4.98 Å². The van der Waals surface area contributed by atoms with E-state index in [1.165, 1.54) is 17.0 Å². The molecule has 0 spiro atoms. The molecule has 0 atom stereocenters. The SMILES string of the molecule is COc1ccc(-c2cc(=O)n(CCNC(=O)c3cc(-c4cccs4)[nH]n3)cn2)cc1. The highest BCUT2D eigenvalue weighted by Gasteiger charge is 2.12. The van der Waals surface area contributed by atoms with E-state index in [0.717, 1.165) is 21.9 Å². The van der Waals surface area contributed by atoms with Gasteiger partial charge in [0.15, 0.2) is 5.69 Å². The first-order chi connectivity index (χ1) is 14.6. The third kappa shape index (κ3) is 4.31. The summed E-state index contributed by atoms with van der Waals surface area (Å²) in [4.78, 5) is 30.0. The van der Waals surface area contributed by atoms with Crippen LogP contribution in [-0.4, -0.2) is 39.3 Å². The molecule has 0 saturated carbocycles. The smallest absolute Gasteiger partial charge is 0.271 e. The summed E-state index contributed by atoms with van der Waals surface area (Å²) in [5.41, 5.74) is 2.32. The van der Waals surface area contributed by atoms with E-state index in [4.69, 9.17) is 4.74 Å². The van der Waals surface area contributed by atoms with Crippen molar-refractivity contribution in [2.24, 2.45) is 0 Å². The number of thiophene rings is 1. The third-order valence-electron chi connectivity index (χ3n) is 4.50. The molecule has 1 aromatic carbocycles. The summed E-state index contributed by atoms with van der Waals surface area (Å²) >= 11 is 1.56. The minimum Gasteiger partial charge on any atom is -0.497 e. The van der Waals surface area contributed by atoms with E-state index in [0.29, 0.717) is 17.9 Å². The highest BCUT2D eigenvalue weighted by Crippen LogP contribution is 2.23. The van der Waals surface area contributed by atoms with Gasteiger partial charge in [0.2, 0.25) is 0 Å². The average Bonchev–Trinajstić information content (AvgIpc) is 3.47. The highest BCUT2D eigenvalue weighted by atomic mass is 32.1. The Labute approximate surface area is 176 Å². The highest BCUT2D eigenvalue weighted by molar-refractivity contribution is 7.13. The molecule has 8 nitrogen and oxygen atoms in total. The second-order valence-electron chi connectivity index (χ2n) is 6.43. The summed E-state index contributed by atoms with van der Waals surface area (Å²) in [5, 5.41) is 11.6. The zero-order chi connectivity index (χ0) is 20.9. The topological polar surface area (TPSA) is 102 Å². The van der Waals surface area contributed by atoms with Gasteiger partial charge in [-0.2, -0.15) is 5.10 Å². The lowest BCUT2D eigenvalue weighted by molar-refractivity contribution is 0.0947. The molecule has 1 amide bonds. The van der Waals surface area contributed by atoms with E-state index in [1.807, 2.05) is 41.8 Å². The summed E-state index contributed by atoms with van der Waals surface area (Å²) in [6.07, 6.45) is 1.48. The summed E-state index contributed by atoms with van der Waals surface area (Å²) in [6.45, 7) is 0.589. The maximum Gasteiger partial charge on any atom is 0.271 e. The summed E-state index contributed by atoms with van der Waals surface area (Å²) < 4.78 is 6.59. The van der Waals surface area contributed by atoms with Crippen LogP contribution in [0.4, 0.5) is 0 Å². The molecule has 2 N–H and O–H groups in total. The molecular weight excluding hydrogens is 402 g/mol. The van der Waals surface area contributed by atoms with E-state index in [9.17, 15) is 9.59 Å². The number of methoxy groups -OCH3 is 1. The predicted octanol–water partition coefficient (Wildman–Crippen LogP) is 2.80. The molecule has 0 aliphatic heterocycles. The molecule has 3 aromatic heterocycles. The number of nitrogens with zero attached hydrogens (tertiary/aromatic N) is 3. The van der Waals surface area contributed by atoms with E-state index < -0.39 is 0 Å². The second kappa shape index (κ2) is 8.75. The van der Waals surface area contributed by atoms with E-state index in [2.05, 4.69) is 20.5 Å². The van der Waals surface area contributed by atoms with Gasteiger partial charge in [-0.1, -0.05) is 6.07 Å². The van der Waals surface area contributed by atoms with Crippen molar-refractivity contribution >= 4 is 17.2 Å². The lowest BCUT2D eigenvalue weighted by Crippen LogP contribution is -2.31. The van der Waals surface area contributed by atoms with Gasteiger partial charge in [0, 0.05) is 24.7 Å². The Kier molecular flexibility index (Phi) is 5.71. The molecule has 152 valence electrons. The number of aromatic amines is 1. The molecule has 0 fully saturated rings. The van der Waals surface area contributed by atoms with E-state index in [-0.39, 0.29) is 18.0 Å². The Bertz CT molecular complexity index is 1200. The zero-order valence-corrected chi connectivity index (χ0v) is 17.0. The molecule has 3 heterocycles. The Morgan fingerprint density at radius 1 is 1.23 bits per heavy atom. The van der Waals surface area contributed by atoms with Crippen molar-refractivity contribution in [3.8, 4) is 27.6 Å². The fourth-order valence-electron chi connectivity index (χ4n) is 2.89. The van der Waals surface area contributed by atoms with Crippen LogP contribution in [0.5, 0.6) is 5.75 Å². The number of carbonyl (C=O) groups is 1. The zero-order valence-electron chi connectivity index (χ0n) is 16.2. The number of hydrogen-bond acceptors (Lipinski definition) is 6. The summed E-state index contributed by atoms with van der Waals surface area (Å²) in [6, 6.07) is 14.4. The van der Waals surface area contributed by atoms with Crippen molar-refractivity contribution in [3.63, 3.8) is 0 Å². The fraction of sp³-hybridized carbons (Fsp3) is 0.143. The van der Waals surface area contributed by atoms with Gasteiger partial charge in [-0.05, 0) is 41.8 Å². The maximum atomic E-state index is 12.4. The number of carbonyl (C=O) groups excluding carboxylic acids is 1. The van der Waals surface area contributed by atoms with E-state index in [1.54, 1.807) is 24.5 Å². The van der Waals surface area contributed by atoms with Gasteiger partial charge >= 0.3 is 0 Å². The van der Waals surface area contributed by atoms with Crippen molar-refractivity contribution < 1.29 is 9.53 Å². The van der Waals surface area contributed by atoms with Crippen LogP contribution in [-0.2, 0) is 6.54 Å². The number of aromatic nitrogens is 4. The lowest BCUT2D eigenvalue weighted by atomic mass is 10.1. The van der Waals surface area contributed by atoms with Gasteiger partial charge in [0.05, 0.1) is 29.7 Å². The molecule has 4 rings (SSSR count). The quantitative estimate of drug-likeness (QED) is 0.478. The third-order valence-corrected chi connectivity index (χ3v) is 5.40. The van der Waals surface area contributed by atoms with Crippen molar-refractivity contribution in [1.82, 2.24) is 25.1 Å². The minimum atomic E-state index is -0.301. The van der Waals surface area contributed by atoms with Crippen LogP contribution < -0.4 is 15.6 Å². The molecule has 0 saturated heterocycles. The standard InChI is InChI=1S/C21H19N5O3S/c1-29-15-6-4-14(5-7-15)16-12-20(27)26(13-23-16)9-8-22-21(28)18-11-17(24-25-18)19-3-2-10-30-19/h2-7,10-13H,8-9H2,1H3,(H,22,28)(H,24,25). The molecule has 9 heteroatoms. The first-order valence-electron chi connectivity index (χ1n) is 9.22. The van der Waals surface area contributed by atoms with Crippen molar-refractivity contribution in [2.75, 3.05) is 13.7 Å². The minimum absolute atomic E-state index is 0.190. The summed E-state index contributed by atoms with van der Waals surface area (Å²) in [7, 11) is 1.60. The monoisotopic (exact) mass is 421 g/mol. The Hall–Kier alpha value is -3.72. The Morgan fingerprint density at radius 3 is 2.77 bits per heavy atom. The van der Waals surface area contributed by atoms with E-state index >= 15 is 0 Å². The molecule has 4 aromatic rings. The number of H-pyrrole nitrogens is 1. The van der Waals surface area contributed by atoms with Crippen LogP contribution in [0.1, 0.15) is 10.5 Å². The van der Waals surface area contributed by atoms with Gasteiger partial charge < -0.3 is 10.1 Å². The van der Waals surface area contributed by atoms with Crippen LogP contribution >= 0.6 is 11.3 Å². The number of ether oxygens (including phenoxy) is 1. The molecule has 30 heavy (non-hydrogen) atoms. The van der Waals surface area contributed by atoms with Crippen LogP contribution in [0, 0.1) is 0 Å². The maximum absolute atomic E-state index is 12.4. The van der Waals surface area contributed by atoms with Gasteiger partial charge in [0.1, 0.15) is 5.75 Å². The van der Waals surface area contributed by atoms with Crippen LogP contribution in [0.2, 0.25) is 0 Å². The number of amides is 1. The van der Waals surface area contributed by atoms with Crippen LogP contribution in [0.25, 0.3) is 21.8 Å². The molecular formula is C21H19N5O3S. The molecule has 0 unspecified atom stereocenters. The summed E-state index contributed by atoms with van der Waals surface area (Å²) in [5.74, 6) is 0.437. The normalized spacial score (nSPS) is 10.7. The lowest BCUT2D eigenvalue weighted by Gasteiger charge is -2.08. The Morgan fingerprint density at radius 2 is 2.07 bits per heavy atom. The molecule has 0 aliphatic rings. The van der Waals surface area contributed by atoms with Crippen molar-refractivity contribution in [1.29, 1.82) is 0 Å². The molecule has 0 radical (unpaired) electrons. The number of rotatable bonds is 7. The largest absolute Gasteiger partial charge is 0.497 e. The first kappa shape index (κ1) is 19.6. The van der Waals surface area contributed by atoms with Gasteiger partial charge in [-0.3, -0.25) is 19.3 Å². The van der Waals surface area contributed by atoms with Crippen LogP contribution in [0.15, 0.2) is 65.0 Å². The predicted molar refractivity (Wildman–Crippen MR) is 115 cm³/mol. The molecule has 0 bridgehead atoms. The fourth-order valence-corrected chi connectivity index (χ4v) is 3.58.